The highest BCUT2D eigenvalue weighted by atomic mass is 35.5. The second-order valence-electron chi connectivity index (χ2n) is 5.66. The predicted octanol–water partition coefficient (Wildman–Crippen LogP) is 3.52. The van der Waals surface area contributed by atoms with Crippen LogP contribution in [0.1, 0.15) is 26.7 Å². The van der Waals surface area contributed by atoms with Crippen molar-refractivity contribution >= 4 is 23.3 Å². The first-order chi connectivity index (χ1) is 9.99. The normalized spacial score (nSPS) is 18.1. The summed E-state index contributed by atoms with van der Waals surface area (Å²) in [5, 5.41) is 0.609. The Labute approximate surface area is 131 Å². The summed E-state index contributed by atoms with van der Waals surface area (Å²) in [5.74, 6) is 0.915. The lowest BCUT2D eigenvalue weighted by atomic mass is 10.1. The largest absolute Gasteiger partial charge is 0.495 e. The van der Waals surface area contributed by atoms with Crippen LogP contribution in [0.15, 0.2) is 18.2 Å². The van der Waals surface area contributed by atoms with E-state index >= 15 is 0 Å². The van der Waals surface area contributed by atoms with Gasteiger partial charge in [-0.3, -0.25) is 4.79 Å². The summed E-state index contributed by atoms with van der Waals surface area (Å²) in [6.07, 6.45) is 1.44. The van der Waals surface area contributed by atoms with Crippen molar-refractivity contribution in [2.24, 2.45) is 5.92 Å². The molecule has 1 aliphatic rings. The Morgan fingerprint density at radius 3 is 2.86 bits per heavy atom. The van der Waals surface area contributed by atoms with E-state index in [4.69, 9.17) is 21.1 Å². The molecule has 5 heteroatoms. The van der Waals surface area contributed by atoms with E-state index in [0.717, 1.165) is 25.2 Å². The van der Waals surface area contributed by atoms with Gasteiger partial charge in [0.25, 0.3) is 0 Å². The van der Waals surface area contributed by atoms with Crippen LogP contribution in [-0.2, 0) is 9.53 Å². The van der Waals surface area contributed by atoms with Gasteiger partial charge in [-0.2, -0.15) is 0 Å². The number of esters is 1. The molecule has 4 nitrogen and oxygen atoms in total. The van der Waals surface area contributed by atoms with Crippen molar-refractivity contribution < 1.29 is 14.3 Å². The molecule has 116 valence electrons. The fraction of sp³-hybridized carbons (Fsp3) is 0.562. The molecule has 1 aliphatic heterocycles. The van der Waals surface area contributed by atoms with Crippen LogP contribution in [0.4, 0.5) is 5.69 Å². The van der Waals surface area contributed by atoms with Crippen LogP contribution in [0.2, 0.25) is 5.02 Å². The molecule has 1 saturated heterocycles. The lowest BCUT2D eigenvalue weighted by molar-refractivity contribution is -0.148. The summed E-state index contributed by atoms with van der Waals surface area (Å²) >= 11 is 6.16. The van der Waals surface area contributed by atoms with Crippen molar-refractivity contribution in [3.05, 3.63) is 23.2 Å². The molecule has 1 atom stereocenters. The number of methoxy groups -OCH3 is 1. The van der Waals surface area contributed by atoms with Crippen molar-refractivity contribution in [2.45, 2.75) is 32.8 Å². The zero-order chi connectivity index (χ0) is 15.4. The molecule has 2 rings (SSSR count). The number of hydrogen-bond donors (Lipinski definition) is 0. The summed E-state index contributed by atoms with van der Waals surface area (Å²) in [6, 6.07) is 5.78. The van der Waals surface area contributed by atoms with Crippen molar-refractivity contribution in [3.63, 3.8) is 0 Å². The first-order valence-corrected chi connectivity index (χ1v) is 7.65. The van der Waals surface area contributed by atoms with Crippen LogP contribution in [0.3, 0.4) is 0 Å². The lowest BCUT2D eigenvalue weighted by Gasteiger charge is -2.19. The number of benzene rings is 1. The summed E-state index contributed by atoms with van der Waals surface area (Å²) in [4.78, 5) is 14.0. The van der Waals surface area contributed by atoms with Crippen molar-refractivity contribution in [2.75, 3.05) is 25.1 Å². The Balaban J connectivity index is 1.93. The van der Waals surface area contributed by atoms with Crippen LogP contribution < -0.4 is 9.64 Å². The molecule has 0 aliphatic carbocycles. The highest BCUT2D eigenvalue weighted by Crippen LogP contribution is 2.32. The van der Waals surface area contributed by atoms with E-state index in [1.165, 1.54) is 0 Å². The monoisotopic (exact) mass is 311 g/mol. The van der Waals surface area contributed by atoms with Gasteiger partial charge in [0, 0.05) is 18.8 Å². The maximum atomic E-state index is 11.7. The average Bonchev–Trinajstić information content (AvgIpc) is 2.86. The van der Waals surface area contributed by atoms with E-state index in [1.807, 2.05) is 32.0 Å². The molecular formula is C16H22ClNO3. The molecule has 0 N–H and O–H groups in total. The number of ether oxygens (including phenoxy) is 2. The third-order valence-electron chi connectivity index (χ3n) is 3.61. The average molecular weight is 312 g/mol. The molecule has 1 heterocycles. The van der Waals surface area contributed by atoms with Gasteiger partial charge in [-0.05, 0) is 44.4 Å². The molecule has 0 radical (unpaired) electrons. The molecule has 1 aromatic rings. The van der Waals surface area contributed by atoms with Gasteiger partial charge in [0.1, 0.15) is 5.75 Å². The standard InChI is InChI=1S/C16H22ClNO3/c1-11(2)21-16(19)8-12-6-7-18(10-12)13-4-5-15(20-3)14(17)9-13/h4-5,9,11-12H,6-8,10H2,1-3H3. The summed E-state index contributed by atoms with van der Waals surface area (Å²) in [5.41, 5.74) is 1.07. The molecular weight excluding hydrogens is 290 g/mol. The van der Waals surface area contributed by atoms with Crippen LogP contribution in [-0.4, -0.2) is 32.3 Å². The van der Waals surface area contributed by atoms with Crippen molar-refractivity contribution in [1.29, 1.82) is 0 Å². The second kappa shape index (κ2) is 7.03. The Kier molecular flexibility index (Phi) is 5.34. The lowest BCUT2D eigenvalue weighted by Crippen LogP contribution is -2.21. The number of anilines is 1. The third kappa shape index (κ3) is 4.27. The molecule has 0 aromatic heterocycles. The fourth-order valence-corrected chi connectivity index (χ4v) is 2.88. The molecule has 0 saturated carbocycles. The summed E-state index contributed by atoms with van der Waals surface area (Å²) < 4.78 is 10.4. The minimum absolute atomic E-state index is 0.0459. The Hall–Kier alpha value is -1.42. The molecule has 0 spiro atoms. The summed E-state index contributed by atoms with van der Waals surface area (Å²) in [7, 11) is 1.60. The number of carbonyl (C=O) groups is 1. The Morgan fingerprint density at radius 2 is 2.24 bits per heavy atom. The number of carbonyl (C=O) groups excluding carboxylic acids is 1. The Morgan fingerprint density at radius 1 is 1.48 bits per heavy atom. The molecule has 1 aromatic carbocycles. The minimum atomic E-state index is -0.107. The van der Waals surface area contributed by atoms with E-state index in [9.17, 15) is 4.79 Å². The van der Waals surface area contributed by atoms with Gasteiger partial charge in [-0.1, -0.05) is 11.6 Å². The maximum absolute atomic E-state index is 11.7. The van der Waals surface area contributed by atoms with E-state index in [1.54, 1.807) is 7.11 Å². The number of halogens is 1. The predicted molar refractivity (Wildman–Crippen MR) is 84.2 cm³/mol. The van der Waals surface area contributed by atoms with Gasteiger partial charge >= 0.3 is 5.97 Å². The van der Waals surface area contributed by atoms with Crippen LogP contribution in [0.25, 0.3) is 0 Å². The van der Waals surface area contributed by atoms with E-state index in [0.29, 0.717) is 23.1 Å². The van der Waals surface area contributed by atoms with Crippen LogP contribution in [0, 0.1) is 5.92 Å². The number of rotatable bonds is 5. The van der Waals surface area contributed by atoms with E-state index in [-0.39, 0.29) is 12.1 Å². The van der Waals surface area contributed by atoms with Crippen molar-refractivity contribution in [3.8, 4) is 5.75 Å². The van der Waals surface area contributed by atoms with Gasteiger partial charge in [-0.15, -0.1) is 0 Å². The quantitative estimate of drug-likeness (QED) is 0.780. The van der Waals surface area contributed by atoms with Gasteiger partial charge in [0.15, 0.2) is 0 Å². The molecule has 0 amide bonds. The van der Waals surface area contributed by atoms with Gasteiger partial charge < -0.3 is 14.4 Å². The number of nitrogens with zero attached hydrogens (tertiary/aromatic N) is 1. The molecule has 0 bridgehead atoms. The zero-order valence-corrected chi connectivity index (χ0v) is 13.5. The minimum Gasteiger partial charge on any atom is -0.495 e. The van der Waals surface area contributed by atoms with Gasteiger partial charge in [0.05, 0.1) is 24.7 Å². The Bertz CT molecular complexity index is 504. The first kappa shape index (κ1) is 16.0. The fourth-order valence-electron chi connectivity index (χ4n) is 2.63. The smallest absolute Gasteiger partial charge is 0.306 e. The second-order valence-corrected chi connectivity index (χ2v) is 6.07. The van der Waals surface area contributed by atoms with Crippen LogP contribution >= 0.6 is 11.6 Å². The maximum Gasteiger partial charge on any atom is 0.306 e. The topological polar surface area (TPSA) is 38.8 Å². The van der Waals surface area contributed by atoms with Gasteiger partial charge in [-0.25, -0.2) is 0 Å². The number of hydrogen-bond acceptors (Lipinski definition) is 4. The van der Waals surface area contributed by atoms with E-state index < -0.39 is 0 Å². The summed E-state index contributed by atoms with van der Waals surface area (Å²) in [6.45, 7) is 5.54. The molecule has 1 fully saturated rings. The van der Waals surface area contributed by atoms with Crippen LogP contribution in [0.5, 0.6) is 5.75 Å². The van der Waals surface area contributed by atoms with Crippen molar-refractivity contribution in [1.82, 2.24) is 0 Å². The first-order valence-electron chi connectivity index (χ1n) is 7.27. The third-order valence-corrected chi connectivity index (χ3v) is 3.90. The SMILES string of the molecule is COc1ccc(N2CCC(CC(=O)OC(C)C)C2)cc1Cl. The molecule has 1 unspecified atom stereocenters. The van der Waals surface area contributed by atoms with E-state index in [2.05, 4.69) is 4.90 Å². The molecule has 21 heavy (non-hydrogen) atoms. The highest BCUT2D eigenvalue weighted by molar-refractivity contribution is 6.32. The zero-order valence-electron chi connectivity index (χ0n) is 12.8. The highest BCUT2D eigenvalue weighted by Gasteiger charge is 2.26. The van der Waals surface area contributed by atoms with Gasteiger partial charge in [0.2, 0.25) is 0 Å².